The summed E-state index contributed by atoms with van der Waals surface area (Å²) in [6.45, 7) is 0.630. The number of halogens is 1. The van der Waals surface area contributed by atoms with Gasteiger partial charge in [0, 0.05) is 41.4 Å². The van der Waals surface area contributed by atoms with E-state index in [4.69, 9.17) is 21.3 Å². The zero-order chi connectivity index (χ0) is 33.7. The van der Waals surface area contributed by atoms with Gasteiger partial charge < -0.3 is 15.0 Å². The molecule has 0 atom stereocenters. The molecule has 0 saturated heterocycles. The number of nitrogens with one attached hydrogen (secondary N) is 1. The minimum atomic E-state index is 0.547. The molecule has 0 aliphatic heterocycles. The molecular weight excluding hydrogens is 638 g/mol. The molecule has 8 aromatic rings. The van der Waals surface area contributed by atoms with Crippen molar-refractivity contribution in [1.29, 1.82) is 0 Å². The summed E-state index contributed by atoms with van der Waals surface area (Å²) in [6, 6.07) is 57.0. The van der Waals surface area contributed by atoms with Gasteiger partial charge in [-0.15, -0.1) is 0 Å². The number of ether oxygens (including phenoxy) is 1. The summed E-state index contributed by atoms with van der Waals surface area (Å²) < 4.78 is 8.08. The van der Waals surface area contributed by atoms with Gasteiger partial charge in [-0.25, -0.2) is 9.97 Å². The first-order valence-electron chi connectivity index (χ1n) is 16.4. The van der Waals surface area contributed by atoms with Crippen LogP contribution in [0.5, 0.6) is 11.6 Å². The summed E-state index contributed by atoms with van der Waals surface area (Å²) in [5.74, 6) is 2.13. The van der Waals surface area contributed by atoms with Gasteiger partial charge in [-0.2, -0.15) is 0 Å². The van der Waals surface area contributed by atoms with Gasteiger partial charge >= 0.3 is 0 Å². The standard InChI is InChI=1S/C43H32ClN5O/c44-42-38(46-33-23-27-36(28-24-33)50-41-20-9-10-29-45-41)17-11-19-40(42)48(30-31-12-3-1-4-13-31)34-25-21-32(22-26-34)43-47-37-16-7-8-18-39(37)49(43)35-14-5-2-6-15-35/h1-29,46H,30H2. The molecule has 8 rings (SSSR count). The van der Waals surface area contributed by atoms with Gasteiger partial charge in [-0.1, -0.05) is 84.4 Å². The predicted octanol–water partition coefficient (Wildman–Crippen LogP) is 11.6. The number of hydrogen-bond donors (Lipinski definition) is 1. The zero-order valence-electron chi connectivity index (χ0n) is 27.0. The number of imidazole rings is 1. The molecule has 1 N–H and O–H groups in total. The normalized spacial score (nSPS) is 11.0. The first-order chi connectivity index (χ1) is 24.7. The van der Waals surface area contributed by atoms with Crippen LogP contribution in [0.15, 0.2) is 176 Å². The summed E-state index contributed by atoms with van der Waals surface area (Å²) in [5.41, 5.74) is 8.85. The van der Waals surface area contributed by atoms with Crippen LogP contribution in [0.25, 0.3) is 28.1 Å². The van der Waals surface area contributed by atoms with Crippen molar-refractivity contribution in [2.45, 2.75) is 6.54 Å². The average Bonchev–Trinajstić information content (AvgIpc) is 3.57. The van der Waals surface area contributed by atoms with Crippen molar-refractivity contribution in [3.8, 4) is 28.7 Å². The van der Waals surface area contributed by atoms with Crippen molar-refractivity contribution in [3.63, 3.8) is 0 Å². The molecular formula is C43H32ClN5O. The molecule has 0 radical (unpaired) electrons. The number of rotatable bonds is 10. The summed E-state index contributed by atoms with van der Waals surface area (Å²) in [4.78, 5) is 11.5. The molecule has 7 heteroatoms. The third kappa shape index (κ3) is 6.52. The monoisotopic (exact) mass is 669 g/mol. The van der Waals surface area contributed by atoms with Gasteiger partial charge in [0.1, 0.15) is 11.6 Å². The van der Waals surface area contributed by atoms with Crippen LogP contribution in [-0.2, 0) is 6.54 Å². The van der Waals surface area contributed by atoms with Gasteiger partial charge in [-0.05, 0) is 96.6 Å². The Bertz CT molecular complexity index is 2340. The maximum atomic E-state index is 7.22. The lowest BCUT2D eigenvalue weighted by atomic mass is 10.1. The van der Waals surface area contributed by atoms with Crippen LogP contribution >= 0.6 is 11.6 Å². The lowest BCUT2D eigenvalue weighted by Gasteiger charge is -2.27. The van der Waals surface area contributed by atoms with Gasteiger partial charge in [0.25, 0.3) is 0 Å². The van der Waals surface area contributed by atoms with Crippen molar-refractivity contribution in [3.05, 3.63) is 187 Å². The fourth-order valence-electron chi connectivity index (χ4n) is 6.04. The van der Waals surface area contributed by atoms with E-state index in [9.17, 15) is 0 Å². The van der Waals surface area contributed by atoms with Gasteiger partial charge in [0.15, 0.2) is 0 Å². The number of fused-ring (bicyclic) bond motifs is 1. The minimum absolute atomic E-state index is 0.547. The Morgan fingerprint density at radius 1 is 0.660 bits per heavy atom. The number of hydrogen-bond acceptors (Lipinski definition) is 5. The minimum Gasteiger partial charge on any atom is -0.439 e. The third-order valence-corrected chi connectivity index (χ3v) is 8.86. The first kappa shape index (κ1) is 30.9. The Balaban J connectivity index is 1.12. The zero-order valence-corrected chi connectivity index (χ0v) is 27.8. The summed E-state index contributed by atoms with van der Waals surface area (Å²) in [6.07, 6.45) is 1.71. The van der Waals surface area contributed by atoms with Crippen LogP contribution in [0, 0.1) is 0 Å². The fraction of sp³-hybridized carbons (Fsp3) is 0.0233. The highest BCUT2D eigenvalue weighted by atomic mass is 35.5. The molecule has 50 heavy (non-hydrogen) atoms. The number of benzene rings is 6. The Labute approximate surface area is 295 Å². The second-order valence-electron chi connectivity index (χ2n) is 11.8. The quantitative estimate of drug-likeness (QED) is 0.157. The van der Waals surface area contributed by atoms with Crippen molar-refractivity contribution in [1.82, 2.24) is 14.5 Å². The van der Waals surface area contributed by atoms with Crippen LogP contribution in [-0.4, -0.2) is 14.5 Å². The molecule has 0 saturated carbocycles. The molecule has 0 amide bonds. The highest BCUT2D eigenvalue weighted by Crippen LogP contribution is 2.40. The van der Waals surface area contributed by atoms with E-state index in [1.54, 1.807) is 6.20 Å². The number of para-hydroxylation sites is 3. The lowest BCUT2D eigenvalue weighted by molar-refractivity contribution is 0.463. The third-order valence-electron chi connectivity index (χ3n) is 8.46. The number of anilines is 4. The highest BCUT2D eigenvalue weighted by Gasteiger charge is 2.18. The van der Waals surface area contributed by atoms with Gasteiger partial charge in [0.2, 0.25) is 5.88 Å². The Morgan fingerprint density at radius 3 is 2.14 bits per heavy atom. The molecule has 2 aromatic heterocycles. The predicted molar refractivity (Wildman–Crippen MR) is 204 cm³/mol. The van der Waals surface area contributed by atoms with E-state index in [0.717, 1.165) is 50.9 Å². The molecule has 0 aliphatic rings. The van der Waals surface area contributed by atoms with Crippen LogP contribution in [0.2, 0.25) is 5.02 Å². The van der Waals surface area contributed by atoms with Gasteiger partial charge in [0.05, 0.1) is 27.4 Å². The molecule has 0 aliphatic carbocycles. The molecule has 2 heterocycles. The van der Waals surface area contributed by atoms with E-state index in [1.165, 1.54) is 5.56 Å². The molecule has 6 aromatic carbocycles. The van der Waals surface area contributed by atoms with E-state index < -0.39 is 0 Å². The smallest absolute Gasteiger partial charge is 0.219 e. The average molecular weight is 670 g/mol. The number of aromatic nitrogens is 3. The lowest BCUT2D eigenvalue weighted by Crippen LogP contribution is -2.17. The van der Waals surface area contributed by atoms with E-state index in [-0.39, 0.29) is 0 Å². The van der Waals surface area contributed by atoms with Gasteiger partial charge in [-0.3, -0.25) is 4.57 Å². The first-order valence-corrected chi connectivity index (χ1v) is 16.8. The largest absolute Gasteiger partial charge is 0.439 e. The highest BCUT2D eigenvalue weighted by molar-refractivity contribution is 6.36. The van der Waals surface area contributed by atoms with Crippen molar-refractivity contribution in [2.75, 3.05) is 10.2 Å². The SMILES string of the molecule is Clc1c(Nc2ccc(Oc3ccccn3)cc2)cccc1N(Cc1ccccc1)c1ccc(-c2nc3ccccc3n2-c2ccccc2)cc1. The maximum absolute atomic E-state index is 7.22. The van der Waals surface area contributed by atoms with E-state index >= 15 is 0 Å². The fourth-order valence-corrected chi connectivity index (χ4v) is 6.32. The van der Waals surface area contributed by atoms with Crippen LogP contribution in [0.4, 0.5) is 22.7 Å². The molecule has 0 spiro atoms. The maximum Gasteiger partial charge on any atom is 0.219 e. The summed E-state index contributed by atoms with van der Waals surface area (Å²) in [7, 11) is 0. The second-order valence-corrected chi connectivity index (χ2v) is 12.1. The molecule has 242 valence electrons. The molecule has 0 unspecified atom stereocenters. The second kappa shape index (κ2) is 14.0. The Morgan fingerprint density at radius 2 is 1.38 bits per heavy atom. The van der Waals surface area contributed by atoms with Crippen molar-refractivity contribution < 1.29 is 4.74 Å². The summed E-state index contributed by atoms with van der Waals surface area (Å²) in [5, 5.41) is 4.12. The van der Waals surface area contributed by atoms with Crippen molar-refractivity contribution in [2.24, 2.45) is 0 Å². The number of pyridine rings is 1. The molecule has 0 bridgehead atoms. The van der Waals surface area contributed by atoms with E-state index in [1.807, 2.05) is 72.8 Å². The Hall–Kier alpha value is -6.37. The van der Waals surface area contributed by atoms with E-state index in [2.05, 4.69) is 117 Å². The van der Waals surface area contributed by atoms with Crippen LogP contribution < -0.4 is 15.0 Å². The molecule has 0 fully saturated rings. The Kier molecular flexibility index (Phi) is 8.66. The van der Waals surface area contributed by atoms with Crippen LogP contribution in [0.1, 0.15) is 5.56 Å². The topological polar surface area (TPSA) is 55.2 Å². The molecule has 6 nitrogen and oxygen atoms in total. The van der Waals surface area contributed by atoms with E-state index in [0.29, 0.717) is 23.2 Å². The van der Waals surface area contributed by atoms with Crippen molar-refractivity contribution >= 4 is 45.4 Å². The van der Waals surface area contributed by atoms with Crippen LogP contribution in [0.3, 0.4) is 0 Å². The summed E-state index contributed by atoms with van der Waals surface area (Å²) >= 11 is 7.22. The number of nitrogens with zero attached hydrogens (tertiary/aromatic N) is 4.